The van der Waals surface area contributed by atoms with Crippen LogP contribution in [0.3, 0.4) is 0 Å². The van der Waals surface area contributed by atoms with Crippen molar-refractivity contribution < 1.29 is 24.2 Å². The minimum Gasteiger partial charge on any atom is -0.507 e. The fraction of sp³-hybridized carbons (Fsp3) is 0.258. The lowest BCUT2D eigenvalue weighted by molar-refractivity contribution is -0.132. The third kappa shape index (κ3) is 4.55. The Morgan fingerprint density at radius 3 is 2.35 bits per heavy atom. The minimum absolute atomic E-state index is 0.0563. The molecular formula is C31H29NO5. The minimum atomic E-state index is -0.815. The van der Waals surface area contributed by atoms with Gasteiger partial charge in [-0.15, -0.1) is 0 Å². The maximum Gasteiger partial charge on any atom is 0.338 e. The fourth-order valence-electron chi connectivity index (χ4n) is 5.26. The number of nitrogens with zero attached hydrogens (tertiary/aromatic N) is 1. The number of ketones is 1. The number of amides is 1. The zero-order chi connectivity index (χ0) is 26.1. The summed E-state index contributed by atoms with van der Waals surface area (Å²) in [5.41, 5.74) is 5.51. The largest absolute Gasteiger partial charge is 0.507 e. The first kappa shape index (κ1) is 24.5. The molecule has 1 fully saturated rings. The van der Waals surface area contributed by atoms with Crippen molar-refractivity contribution in [1.29, 1.82) is 0 Å². The van der Waals surface area contributed by atoms with E-state index in [0.717, 1.165) is 31.2 Å². The molecule has 1 aliphatic carbocycles. The van der Waals surface area contributed by atoms with Crippen molar-refractivity contribution in [2.24, 2.45) is 0 Å². The van der Waals surface area contributed by atoms with E-state index in [9.17, 15) is 19.5 Å². The van der Waals surface area contributed by atoms with Crippen molar-refractivity contribution in [2.75, 3.05) is 11.5 Å². The zero-order valence-corrected chi connectivity index (χ0v) is 21.0. The van der Waals surface area contributed by atoms with Crippen molar-refractivity contribution in [3.8, 4) is 0 Å². The van der Waals surface area contributed by atoms with Crippen molar-refractivity contribution in [1.82, 2.24) is 0 Å². The van der Waals surface area contributed by atoms with Crippen LogP contribution in [0.2, 0.25) is 0 Å². The van der Waals surface area contributed by atoms with Gasteiger partial charge in [0.05, 0.1) is 23.8 Å². The molecule has 0 spiro atoms. The van der Waals surface area contributed by atoms with Gasteiger partial charge in [0.1, 0.15) is 5.76 Å². The second kappa shape index (κ2) is 10.1. The highest BCUT2D eigenvalue weighted by Gasteiger charge is 2.47. The number of carbonyl (C=O) groups is 3. The van der Waals surface area contributed by atoms with E-state index in [1.807, 2.05) is 49.4 Å². The highest BCUT2D eigenvalue weighted by Crippen LogP contribution is 2.42. The molecule has 6 nitrogen and oxygen atoms in total. The quantitative estimate of drug-likeness (QED) is 0.213. The zero-order valence-electron chi connectivity index (χ0n) is 21.0. The van der Waals surface area contributed by atoms with Crippen LogP contribution in [0.15, 0.2) is 72.3 Å². The van der Waals surface area contributed by atoms with Gasteiger partial charge in [0.15, 0.2) is 0 Å². The number of aliphatic hydroxyl groups is 1. The van der Waals surface area contributed by atoms with E-state index in [4.69, 9.17) is 4.74 Å². The smallest absolute Gasteiger partial charge is 0.338 e. The molecule has 2 aliphatic rings. The van der Waals surface area contributed by atoms with Crippen molar-refractivity contribution in [3.63, 3.8) is 0 Å². The summed E-state index contributed by atoms with van der Waals surface area (Å²) in [5.74, 6) is -2.10. The van der Waals surface area contributed by atoms with Gasteiger partial charge < -0.3 is 9.84 Å². The van der Waals surface area contributed by atoms with Gasteiger partial charge in [-0.25, -0.2) is 4.79 Å². The normalized spacial score (nSPS) is 18.5. The van der Waals surface area contributed by atoms with E-state index in [1.165, 1.54) is 16.0 Å². The molecule has 1 N–H and O–H groups in total. The van der Waals surface area contributed by atoms with E-state index >= 15 is 0 Å². The van der Waals surface area contributed by atoms with Gasteiger partial charge in [-0.3, -0.25) is 14.5 Å². The van der Waals surface area contributed by atoms with Crippen LogP contribution in [0, 0.1) is 6.92 Å². The molecule has 0 bridgehead atoms. The monoisotopic (exact) mass is 495 g/mol. The summed E-state index contributed by atoms with van der Waals surface area (Å²) in [6.45, 7) is 3.93. The number of esters is 1. The summed E-state index contributed by atoms with van der Waals surface area (Å²) in [6, 6.07) is 18.9. The maximum atomic E-state index is 13.4. The lowest BCUT2D eigenvalue weighted by Gasteiger charge is -2.26. The number of aryl methyl sites for hydroxylation is 3. The van der Waals surface area contributed by atoms with Crippen LogP contribution < -0.4 is 4.90 Å². The molecule has 3 aromatic rings. The molecule has 1 heterocycles. The first-order valence-corrected chi connectivity index (χ1v) is 12.7. The van der Waals surface area contributed by atoms with Crippen LogP contribution in [0.25, 0.3) is 5.76 Å². The Morgan fingerprint density at radius 1 is 0.946 bits per heavy atom. The van der Waals surface area contributed by atoms with Crippen LogP contribution in [0.1, 0.15) is 64.0 Å². The Balaban J connectivity index is 1.63. The first-order valence-electron chi connectivity index (χ1n) is 12.7. The van der Waals surface area contributed by atoms with Crippen molar-refractivity contribution in [3.05, 3.63) is 106 Å². The molecule has 1 saturated heterocycles. The number of fused-ring (bicyclic) bond motifs is 1. The van der Waals surface area contributed by atoms with Crippen LogP contribution in [-0.2, 0) is 27.2 Å². The van der Waals surface area contributed by atoms with Gasteiger partial charge in [-0.2, -0.15) is 0 Å². The van der Waals surface area contributed by atoms with Crippen LogP contribution in [0.4, 0.5) is 5.69 Å². The van der Waals surface area contributed by atoms with Gasteiger partial charge >= 0.3 is 5.97 Å². The van der Waals surface area contributed by atoms with Crippen molar-refractivity contribution >= 4 is 29.1 Å². The van der Waals surface area contributed by atoms with Gasteiger partial charge in [-0.1, -0.05) is 42.0 Å². The van der Waals surface area contributed by atoms with Gasteiger partial charge in [0, 0.05) is 11.3 Å². The Hall–Kier alpha value is -4.19. The molecule has 0 aromatic heterocycles. The predicted molar refractivity (Wildman–Crippen MR) is 141 cm³/mol. The van der Waals surface area contributed by atoms with Crippen molar-refractivity contribution in [2.45, 2.75) is 45.6 Å². The number of rotatable bonds is 5. The number of anilines is 1. The topological polar surface area (TPSA) is 83.9 Å². The molecule has 0 radical (unpaired) electrons. The molecule has 1 aliphatic heterocycles. The van der Waals surface area contributed by atoms with E-state index in [1.54, 1.807) is 31.2 Å². The van der Waals surface area contributed by atoms with Gasteiger partial charge in [0.2, 0.25) is 0 Å². The third-order valence-electron chi connectivity index (χ3n) is 7.08. The average Bonchev–Trinajstić information content (AvgIpc) is 3.18. The molecular weight excluding hydrogens is 466 g/mol. The number of aliphatic hydroxyl groups excluding tert-OH is 1. The van der Waals surface area contributed by atoms with Crippen LogP contribution in [0.5, 0.6) is 0 Å². The molecule has 37 heavy (non-hydrogen) atoms. The highest BCUT2D eigenvalue weighted by molar-refractivity contribution is 6.51. The Morgan fingerprint density at radius 2 is 1.65 bits per heavy atom. The van der Waals surface area contributed by atoms with Gasteiger partial charge in [0.25, 0.3) is 11.7 Å². The standard InChI is InChI=1S/C31H29NO5/c1-3-37-31(36)21-13-15-25(16-14-21)32-27(23-10-6-7-19(2)17-23)26(29(34)30(32)35)28(33)24-12-11-20-8-4-5-9-22(20)18-24/h6-7,10-18,27,33H,3-5,8-9H2,1-2H3/b28-26-. The van der Waals surface area contributed by atoms with E-state index in [2.05, 4.69) is 0 Å². The van der Waals surface area contributed by atoms with Crippen LogP contribution in [-0.4, -0.2) is 29.4 Å². The second-order valence-electron chi connectivity index (χ2n) is 9.54. The summed E-state index contributed by atoms with van der Waals surface area (Å²) < 4.78 is 5.06. The second-order valence-corrected chi connectivity index (χ2v) is 9.54. The fourth-order valence-corrected chi connectivity index (χ4v) is 5.26. The van der Waals surface area contributed by atoms with E-state index < -0.39 is 23.7 Å². The lowest BCUT2D eigenvalue weighted by atomic mass is 9.88. The maximum absolute atomic E-state index is 13.4. The summed E-state index contributed by atoms with van der Waals surface area (Å²) >= 11 is 0. The number of benzene rings is 3. The average molecular weight is 496 g/mol. The third-order valence-corrected chi connectivity index (χ3v) is 7.08. The summed E-state index contributed by atoms with van der Waals surface area (Å²) in [7, 11) is 0. The molecule has 3 aromatic carbocycles. The van der Waals surface area contributed by atoms with Crippen LogP contribution >= 0.6 is 0 Å². The number of Topliss-reactive ketones (excluding diaryl/α,β-unsaturated/α-hetero) is 1. The lowest BCUT2D eigenvalue weighted by Crippen LogP contribution is -2.29. The first-order chi connectivity index (χ1) is 17.9. The highest BCUT2D eigenvalue weighted by atomic mass is 16.5. The molecule has 1 amide bonds. The summed E-state index contributed by atoms with van der Waals surface area (Å²) in [5, 5.41) is 11.5. The SMILES string of the molecule is CCOC(=O)c1ccc(N2C(=O)C(=O)/C(=C(\O)c3ccc4c(c3)CCCC4)C2c2cccc(C)c2)cc1. The number of hydrogen-bond acceptors (Lipinski definition) is 5. The Kier molecular flexibility index (Phi) is 6.66. The number of ether oxygens (including phenoxy) is 1. The Bertz CT molecular complexity index is 1420. The Labute approximate surface area is 216 Å². The molecule has 5 rings (SSSR count). The summed E-state index contributed by atoms with van der Waals surface area (Å²) in [4.78, 5) is 40.4. The van der Waals surface area contributed by atoms with E-state index in [-0.39, 0.29) is 17.9 Å². The molecule has 1 atom stereocenters. The van der Waals surface area contributed by atoms with E-state index in [0.29, 0.717) is 22.4 Å². The predicted octanol–water partition coefficient (Wildman–Crippen LogP) is 5.68. The molecule has 1 unspecified atom stereocenters. The molecule has 6 heteroatoms. The summed E-state index contributed by atoms with van der Waals surface area (Å²) in [6.07, 6.45) is 4.17. The number of carbonyl (C=O) groups excluding carboxylic acids is 3. The van der Waals surface area contributed by atoms with Gasteiger partial charge in [-0.05, 0) is 86.6 Å². The number of hydrogen-bond donors (Lipinski definition) is 1. The molecule has 0 saturated carbocycles. The molecule has 188 valence electrons.